The van der Waals surface area contributed by atoms with Gasteiger partial charge in [0.25, 0.3) is 10.0 Å². The monoisotopic (exact) mass is 486 g/mol. The number of ether oxygens (including phenoxy) is 1. The molecular weight excluding hydrogens is 464 g/mol. The van der Waals surface area contributed by atoms with Gasteiger partial charge in [-0.2, -0.15) is 8.78 Å². The van der Waals surface area contributed by atoms with Crippen molar-refractivity contribution in [2.24, 2.45) is 0 Å². The van der Waals surface area contributed by atoms with E-state index in [4.69, 9.17) is 4.74 Å². The highest BCUT2D eigenvalue weighted by Gasteiger charge is 2.39. The van der Waals surface area contributed by atoms with Gasteiger partial charge in [0.15, 0.2) is 11.6 Å². The molecule has 0 saturated carbocycles. The van der Waals surface area contributed by atoms with Crippen LogP contribution in [0.25, 0.3) is 11.1 Å². The SMILES string of the molecule is O=C1CCOc2c(F)cccc2-c2cccc(c2F)C[C@H]2[C@@H](NS(=O)(=O)C(F)F)CCCN12. The number of amides is 1. The van der Waals surface area contributed by atoms with Crippen molar-refractivity contribution in [1.29, 1.82) is 0 Å². The van der Waals surface area contributed by atoms with Crippen molar-refractivity contribution in [1.82, 2.24) is 9.62 Å². The highest BCUT2D eigenvalue weighted by molar-refractivity contribution is 7.89. The van der Waals surface area contributed by atoms with Crippen LogP contribution in [0.4, 0.5) is 17.6 Å². The largest absolute Gasteiger partial charge is 0.489 e. The topological polar surface area (TPSA) is 75.7 Å². The highest BCUT2D eigenvalue weighted by Crippen LogP contribution is 2.36. The van der Waals surface area contributed by atoms with Crippen LogP contribution in [-0.4, -0.2) is 50.2 Å². The smallest absolute Gasteiger partial charge is 0.350 e. The number of benzene rings is 2. The molecule has 1 amide bonds. The van der Waals surface area contributed by atoms with Gasteiger partial charge in [-0.05, 0) is 30.9 Å². The number of para-hydroxylation sites is 1. The molecule has 2 atom stereocenters. The highest BCUT2D eigenvalue weighted by atomic mass is 32.2. The van der Waals surface area contributed by atoms with Gasteiger partial charge < -0.3 is 9.64 Å². The molecule has 33 heavy (non-hydrogen) atoms. The Morgan fingerprint density at radius 3 is 2.58 bits per heavy atom. The first-order chi connectivity index (χ1) is 15.7. The summed E-state index contributed by atoms with van der Waals surface area (Å²) in [7, 11) is -4.92. The minimum Gasteiger partial charge on any atom is -0.489 e. The molecule has 2 bridgehead atoms. The fourth-order valence-corrected chi connectivity index (χ4v) is 5.24. The van der Waals surface area contributed by atoms with Gasteiger partial charge in [0.1, 0.15) is 5.82 Å². The van der Waals surface area contributed by atoms with Gasteiger partial charge in [-0.25, -0.2) is 21.9 Å². The molecule has 2 heterocycles. The molecular formula is C22H22F4N2O4S. The third-order valence-electron chi connectivity index (χ3n) is 5.98. The summed E-state index contributed by atoms with van der Waals surface area (Å²) in [6.07, 6.45) is 0.341. The molecule has 6 nitrogen and oxygen atoms in total. The van der Waals surface area contributed by atoms with E-state index in [-0.39, 0.29) is 54.9 Å². The van der Waals surface area contributed by atoms with Crippen molar-refractivity contribution in [3.63, 3.8) is 0 Å². The first-order valence-corrected chi connectivity index (χ1v) is 12.0. The standard InChI is InChI=1S/C22H22F4N2O4S/c23-16-7-2-6-15-14-5-1-4-13(20(14)24)12-18-17(27-33(30,31)22(25)26)8-3-10-28(18)19(29)9-11-32-21(15)16/h1-2,4-7,17-18,22,27H,3,8-12H2/t17-,18-/m0/s1. The minimum atomic E-state index is -4.92. The van der Waals surface area contributed by atoms with Crippen LogP contribution >= 0.6 is 0 Å². The summed E-state index contributed by atoms with van der Waals surface area (Å²) in [6, 6.07) is 6.69. The Kier molecular flexibility index (Phi) is 6.62. The van der Waals surface area contributed by atoms with Gasteiger partial charge in [0.05, 0.1) is 19.1 Å². The van der Waals surface area contributed by atoms with Crippen LogP contribution in [0.1, 0.15) is 24.8 Å². The number of sulfonamides is 1. The average molecular weight is 486 g/mol. The number of nitrogens with one attached hydrogen (secondary N) is 1. The number of hydrogen-bond acceptors (Lipinski definition) is 4. The zero-order chi connectivity index (χ0) is 23.8. The summed E-state index contributed by atoms with van der Waals surface area (Å²) in [5, 5.41) is 0. The number of carbonyl (C=O) groups is 1. The molecule has 0 spiro atoms. The van der Waals surface area contributed by atoms with E-state index in [1.54, 1.807) is 6.07 Å². The fraction of sp³-hybridized carbons (Fsp3) is 0.409. The first kappa shape index (κ1) is 23.5. The van der Waals surface area contributed by atoms with E-state index in [0.29, 0.717) is 6.42 Å². The lowest BCUT2D eigenvalue weighted by atomic mass is 9.89. The van der Waals surface area contributed by atoms with Crippen LogP contribution in [0, 0.1) is 11.6 Å². The molecule has 1 N–H and O–H groups in total. The molecule has 0 aliphatic carbocycles. The Bertz CT molecular complexity index is 1160. The lowest BCUT2D eigenvalue weighted by molar-refractivity contribution is -0.136. The normalized spacial score (nSPS) is 21.5. The summed E-state index contributed by atoms with van der Waals surface area (Å²) in [4.78, 5) is 14.3. The number of nitrogens with zero attached hydrogens (tertiary/aromatic N) is 1. The number of piperidine rings is 1. The van der Waals surface area contributed by atoms with E-state index in [9.17, 15) is 26.4 Å². The van der Waals surface area contributed by atoms with Crippen LogP contribution in [0.3, 0.4) is 0 Å². The van der Waals surface area contributed by atoms with Crippen LogP contribution < -0.4 is 9.46 Å². The van der Waals surface area contributed by atoms with Gasteiger partial charge in [-0.3, -0.25) is 4.79 Å². The van der Waals surface area contributed by atoms with Crippen molar-refractivity contribution in [3.05, 3.63) is 53.6 Å². The van der Waals surface area contributed by atoms with Gasteiger partial charge in [0, 0.05) is 23.7 Å². The molecule has 1 saturated heterocycles. The number of rotatable bonds is 3. The van der Waals surface area contributed by atoms with Crippen LogP contribution in [0.15, 0.2) is 36.4 Å². The molecule has 1 fully saturated rings. The maximum absolute atomic E-state index is 15.6. The summed E-state index contributed by atoms with van der Waals surface area (Å²) >= 11 is 0. The van der Waals surface area contributed by atoms with Crippen molar-refractivity contribution in [3.8, 4) is 16.9 Å². The number of hydrogen-bond donors (Lipinski definition) is 1. The molecule has 0 aromatic heterocycles. The lowest BCUT2D eigenvalue weighted by Crippen LogP contribution is -2.58. The van der Waals surface area contributed by atoms with Crippen LogP contribution in [-0.2, 0) is 21.2 Å². The zero-order valence-electron chi connectivity index (χ0n) is 17.4. The summed E-state index contributed by atoms with van der Waals surface area (Å²) in [5.41, 5.74) is 0.410. The number of fused-ring (bicyclic) bond motifs is 5. The van der Waals surface area contributed by atoms with Crippen molar-refractivity contribution < 1.29 is 35.5 Å². The average Bonchev–Trinajstić information content (AvgIpc) is 2.76. The molecule has 2 aliphatic heterocycles. The predicted molar refractivity (Wildman–Crippen MR) is 112 cm³/mol. The molecule has 11 heteroatoms. The Labute approximate surface area is 188 Å². The predicted octanol–water partition coefficient (Wildman–Crippen LogP) is 3.46. The Hall–Kier alpha value is -2.66. The maximum Gasteiger partial charge on any atom is 0.350 e. The second-order valence-corrected chi connectivity index (χ2v) is 9.71. The van der Waals surface area contributed by atoms with Crippen LogP contribution in [0.2, 0.25) is 0 Å². The Morgan fingerprint density at radius 2 is 1.82 bits per heavy atom. The molecule has 2 aromatic carbocycles. The quantitative estimate of drug-likeness (QED) is 0.675. The van der Waals surface area contributed by atoms with Crippen LogP contribution in [0.5, 0.6) is 5.75 Å². The second kappa shape index (κ2) is 9.30. The molecule has 0 radical (unpaired) electrons. The Morgan fingerprint density at radius 1 is 1.09 bits per heavy atom. The summed E-state index contributed by atoms with van der Waals surface area (Å²) in [5.74, 6) is -5.59. The first-order valence-electron chi connectivity index (χ1n) is 10.5. The Balaban J connectivity index is 1.80. The summed E-state index contributed by atoms with van der Waals surface area (Å²) in [6.45, 7) is 0.0629. The van der Waals surface area contributed by atoms with E-state index in [1.807, 2.05) is 4.72 Å². The lowest BCUT2D eigenvalue weighted by Gasteiger charge is -2.42. The summed E-state index contributed by atoms with van der Waals surface area (Å²) < 4.78 is 87.3. The molecule has 0 unspecified atom stereocenters. The van der Waals surface area contributed by atoms with Gasteiger partial charge in [0.2, 0.25) is 5.91 Å². The van der Waals surface area contributed by atoms with Crippen molar-refractivity contribution in [2.75, 3.05) is 13.2 Å². The molecule has 4 rings (SSSR count). The van der Waals surface area contributed by atoms with Crippen molar-refractivity contribution in [2.45, 2.75) is 43.5 Å². The number of alkyl halides is 2. The van der Waals surface area contributed by atoms with Gasteiger partial charge in [-0.15, -0.1) is 0 Å². The fourth-order valence-electron chi connectivity index (χ4n) is 4.44. The molecule has 2 aliphatic rings. The maximum atomic E-state index is 15.6. The van der Waals surface area contributed by atoms with E-state index in [2.05, 4.69) is 0 Å². The zero-order valence-corrected chi connectivity index (χ0v) is 18.3. The van der Waals surface area contributed by atoms with Gasteiger partial charge >= 0.3 is 5.76 Å². The molecule has 178 valence electrons. The third-order valence-corrected chi connectivity index (χ3v) is 7.08. The van der Waals surface area contributed by atoms with E-state index in [0.717, 1.165) is 0 Å². The number of carbonyl (C=O) groups excluding carboxylic acids is 1. The minimum absolute atomic E-state index is 0.0842. The molecule has 2 aromatic rings. The van der Waals surface area contributed by atoms with Crippen molar-refractivity contribution >= 4 is 15.9 Å². The van der Waals surface area contributed by atoms with E-state index in [1.165, 1.54) is 35.2 Å². The number of halogens is 4. The third kappa shape index (κ3) is 4.70. The van der Waals surface area contributed by atoms with E-state index < -0.39 is 45.4 Å². The van der Waals surface area contributed by atoms with Gasteiger partial charge in [-0.1, -0.05) is 30.3 Å². The second-order valence-electron chi connectivity index (χ2n) is 8.02. The van der Waals surface area contributed by atoms with E-state index >= 15 is 4.39 Å².